The van der Waals surface area contributed by atoms with Crippen LogP contribution >= 0.6 is 11.6 Å². The van der Waals surface area contributed by atoms with E-state index >= 15 is 0 Å². The van der Waals surface area contributed by atoms with E-state index in [1.165, 1.54) is 6.07 Å². The molecule has 1 aromatic heterocycles. The van der Waals surface area contributed by atoms with Crippen LogP contribution in [0.2, 0.25) is 5.02 Å². The summed E-state index contributed by atoms with van der Waals surface area (Å²) in [4.78, 5) is 25.0. The van der Waals surface area contributed by atoms with E-state index in [1.807, 2.05) is 0 Å². The number of benzene rings is 1. The summed E-state index contributed by atoms with van der Waals surface area (Å²) >= 11 is 5.88. The Labute approximate surface area is 108 Å². The Hall–Kier alpha value is -2.07. The standard InChI is InChI=1S/C13H10ClNO3/c1-7-5-10(13(17)18)12(16)15-11(7)8-3-2-4-9(14)6-8/h2-6H,1H3,(H,15,16)(H,17,18). The molecule has 1 aromatic carbocycles. The number of carboxylic acid groups (broad SMARTS) is 1. The molecule has 2 rings (SSSR count). The van der Waals surface area contributed by atoms with Crippen molar-refractivity contribution in [3.05, 3.63) is 56.8 Å². The topological polar surface area (TPSA) is 70.2 Å². The molecule has 2 N–H and O–H groups in total. The maximum Gasteiger partial charge on any atom is 0.341 e. The van der Waals surface area contributed by atoms with Crippen LogP contribution in [0.4, 0.5) is 0 Å². The minimum Gasteiger partial charge on any atom is -0.477 e. The van der Waals surface area contributed by atoms with Crippen LogP contribution in [0.1, 0.15) is 15.9 Å². The number of nitrogens with one attached hydrogen (secondary N) is 1. The second-order valence-corrected chi connectivity index (χ2v) is 4.32. The van der Waals surface area contributed by atoms with Crippen molar-refractivity contribution < 1.29 is 9.90 Å². The number of carbonyl (C=O) groups is 1. The lowest BCUT2D eigenvalue weighted by atomic mass is 10.1. The van der Waals surface area contributed by atoms with Crippen LogP contribution in [0.25, 0.3) is 11.3 Å². The Morgan fingerprint density at radius 1 is 1.33 bits per heavy atom. The predicted molar refractivity (Wildman–Crippen MR) is 69.2 cm³/mol. The monoisotopic (exact) mass is 263 g/mol. The molecule has 0 aliphatic rings. The van der Waals surface area contributed by atoms with Crippen molar-refractivity contribution in [3.63, 3.8) is 0 Å². The molecule has 0 atom stereocenters. The van der Waals surface area contributed by atoms with Gasteiger partial charge in [0.05, 0.1) is 5.69 Å². The quantitative estimate of drug-likeness (QED) is 0.875. The van der Waals surface area contributed by atoms with Gasteiger partial charge in [-0.25, -0.2) is 4.79 Å². The number of carboxylic acids is 1. The molecule has 0 saturated heterocycles. The largest absolute Gasteiger partial charge is 0.477 e. The number of halogens is 1. The van der Waals surface area contributed by atoms with Crippen LogP contribution in [0.15, 0.2) is 35.1 Å². The average molecular weight is 264 g/mol. The summed E-state index contributed by atoms with van der Waals surface area (Å²) in [6.07, 6.45) is 0. The SMILES string of the molecule is Cc1cc(C(=O)O)c(=O)[nH]c1-c1cccc(Cl)c1. The molecular weight excluding hydrogens is 254 g/mol. The molecule has 0 bridgehead atoms. The molecule has 0 saturated carbocycles. The Kier molecular flexibility index (Phi) is 3.21. The number of hydrogen-bond donors (Lipinski definition) is 2. The molecule has 0 fully saturated rings. The molecule has 5 heteroatoms. The highest BCUT2D eigenvalue weighted by atomic mass is 35.5. The van der Waals surface area contributed by atoms with E-state index in [0.717, 1.165) is 5.56 Å². The van der Waals surface area contributed by atoms with Gasteiger partial charge in [0, 0.05) is 5.02 Å². The molecule has 92 valence electrons. The van der Waals surface area contributed by atoms with Crippen LogP contribution in [-0.2, 0) is 0 Å². The van der Waals surface area contributed by atoms with Crippen molar-refractivity contribution in [2.45, 2.75) is 6.92 Å². The highest BCUT2D eigenvalue weighted by molar-refractivity contribution is 6.30. The Morgan fingerprint density at radius 2 is 2.06 bits per heavy atom. The molecular formula is C13H10ClNO3. The van der Waals surface area contributed by atoms with E-state index < -0.39 is 11.5 Å². The van der Waals surface area contributed by atoms with Crippen molar-refractivity contribution in [2.75, 3.05) is 0 Å². The van der Waals surface area contributed by atoms with Gasteiger partial charge in [-0.2, -0.15) is 0 Å². The third-order valence-electron chi connectivity index (χ3n) is 2.58. The fourth-order valence-electron chi connectivity index (χ4n) is 1.74. The summed E-state index contributed by atoms with van der Waals surface area (Å²) in [6.45, 7) is 1.73. The van der Waals surface area contributed by atoms with Gasteiger partial charge in [0.2, 0.25) is 0 Å². The first-order chi connectivity index (χ1) is 8.49. The van der Waals surface area contributed by atoms with E-state index in [9.17, 15) is 9.59 Å². The molecule has 0 spiro atoms. The van der Waals surface area contributed by atoms with E-state index in [2.05, 4.69) is 4.98 Å². The van der Waals surface area contributed by atoms with E-state index in [0.29, 0.717) is 16.3 Å². The lowest BCUT2D eigenvalue weighted by Gasteiger charge is -2.07. The summed E-state index contributed by atoms with van der Waals surface area (Å²) in [5, 5.41) is 9.41. The second kappa shape index (κ2) is 4.66. The lowest BCUT2D eigenvalue weighted by molar-refractivity contribution is 0.0695. The number of rotatable bonds is 2. The Morgan fingerprint density at radius 3 is 2.67 bits per heavy atom. The minimum atomic E-state index is -1.24. The van der Waals surface area contributed by atoms with Crippen molar-refractivity contribution in [1.82, 2.24) is 4.98 Å². The fraction of sp³-hybridized carbons (Fsp3) is 0.0769. The van der Waals surface area contributed by atoms with Gasteiger partial charge in [-0.1, -0.05) is 23.7 Å². The molecule has 0 radical (unpaired) electrons. The van der Waals surface area contributed by atoms with Crippen LogP contribution in [0.3, 0.4) is 0 Å². The van der Waals surface area contributed by atoms with Gasteiger partial charge in [0.15, 0.2) is 0 Å². The Balaban J connectivity index is 2.64. The zero-order chi connectivity index (χ0) is 13.3. The molecule has 0 aliphatic heterocycles. The van der Waals surface area contributed by atoms with Gasteiger partial charge in [0.25, 0.3) is 5.56 Å². The first-order valence-electron chi connectivity index (χ1n) is 5.22. The van der Waals surface area contributed by atoms with Crippen molar-refractivity contribution in [2.24, 2.45) is 0 Å². The molecule has 1 heterocycles. The first kappa shape index (κ1) is 12.4. The van der Waals surface area contributed by atoms with E-state index in [1.54, 1.807) is 31.2 Å². The smallest absolute Gasteiger partial charge is 0.341 e. The van der Waals surface area contributed by atoms with Gasteiger partial charge in [0.1, 0.15) is 5.56 Å². The van der Waals surface area contributed by atoms with Gasteiger partial charge in [-0.3, -0.25) is 4.79 Å². The van der Waals surface area contributed by atoms with Gasteiger partial charge in [-0.15, -0.1) is 0 Å². The van der Waals surface area contributed by atoms with Gasteiger partial charge in [-0.05, 0) is 36.2 Å². The van der Waals surface area contributed by atoms with Gasteiger partial charge < -0.3 is 10.1 Å². The van der Waals surface area contributed by atoms with Gasteiger partial charge >= 0.3 is 5.97 Å². The fourth-order valence-corrected chi connectivity index (χ4v) is 1.93. The lowest BCUT2D eigenvalue weighted by Crippen LogP contribution is -2.18. The maximum absolute atomic E-state index is 11.6. The third kappa shape index (κ3) is 2.28. The van der Waals surface area contributed by atoms with Crippen LogP contribution in [-0.4, -0.2) is 16.1 Å². The molecule has 2 aromatic rings. The Bertz CT molecular complexity index is 676. The molecule has 18 heavy (non-hydrogen) atoms. The number of aromatic amines is 1. The minimum absolute atomic E-state index is 0.265. The number of pyridine rings is 1. The normalized spacial score (nSPS) is 10.3. The highest BCUT2D eigenvalue weighted by Gasteiger charge is 2.12. The van der Waals surface area contributed by atoms with Crippen LogP contribution in [0, 0.1) is 6.92 Å². The maximum atomic E-state index is 11.6. The number of hydrogen-bond acceptors (Lipinski definition) is 2. The molecule has 0 unspecified atom stereocenters. The van der Waals surface area contributed by atoms with Crippen LogP contribution < -0.4 is 5.56 Å². The number of H-pyrrole nitrogens is 1. The van der Waals surface area contributed by atoms with Crippen molar-refractivity contribution in [1.29, 1.82) is 0 Å². The summed E-state index contributed by atoms with van der Waals surface area (Å²) < 4.78 is 0. The zero-order valence-corrected chi connectivity index (χ0v) is 10.3. The third-order valence-corrected chi connectivity index (χ3v) is 2.82. The van der Waals surface area contributed by atoms with E-state index in [-0.39, 0.29) is 5.56 Å². The van der Waals surface area contributed by atoms with Crippen molar-refractivity contribution >= 4 is 17.6 Å². The first-order valence-corrected chi connectivity index (χ1v) is 5.60. The highest BCUT2D eigenvalue weighted by Crippen LogP contribution is 2.23. The number of aromatic nitrogens is 1. The predicted octanol–water partition coefficient (Wildman–Crippen LogP) is 2.70. The summed E-state index contributed by atoms with van der Waals surface area (Å²) in [5.74, 6) is -1.24. The molecule has 4 nitrogen and oxygen atoms in total. The summed E-state index contributed by atoms with van der Waals surface area (Å²) in [7, 11) is 0. The van der Waals surface area contributed by atoms with Crippen molar-refractivity contribution in [3.8, 4) is 11.3 Å². The number of aromatic carboxylic acids is 1. The summed E-state index contributed by atoms with van der Waals surface area (Å²) in [6, 6.07) is 8.35. The zero-order valence-electron chi connectivity index (χ0n) is 9.53. The summed E-state index contributed by atoms with van der Waals surface area (Å²) in [5.41, 5.74) is 1.11. The number of aryl methyl sites for hydroxylation is 1. The molecule has 0 aliphatic carbocycles. The average Bonchev–Trinajstić information content (AvgIpc) is 2.31. The second-order valence-electron chi connectivity index (χ2n) is 3.89. The molecule has 0 amide bonds. The van der Waals surface area contributed by atoms with Crippen LogP contribution in [0.5, 0.6) is 0 Å². The van der Waals surface area contributed by atoms with E-state index in [4.69, 9.17) is 16.7 Å².